The molecule has 7 heteroatoms. The summed E-state index contributed by atoms with van der Waals surface area (Å²) in [6.45, 7) is 1.57. The molecule has 1 aromatic carbocycles. The molecule has 22 heavy (non-hydrogen) atoms. The summed E-state index contributed by atoms with van der Waals surface area (Å²) in [5.41, 5.74) is 0.950. The predicted octanol–water partition coefficient (Wildman–Crippen LogP) is 2.30. The van der Waals surface area contributed by atoms with Gasteiger partial charge in [-0.1, -0.05) is 11.6 Å². The summed E-state index contributed by atoms with van der Waals surface area (Å²) < 4.78 is 5.37. The van der Waals surface area contributed by atoms with Crippen LogP contribution in [-0.2, 0) is 4.79 Å². The molecule has 1 aliphatic rings. The second kappa shape index (κ2) is 8.16. The monoisotopic (exact) mass is 339 g/mol. The molecule has 0 bridgehead atoms. The molecular weight excluding hydrogens is 322 g/mol. The topological polar surface area (TPSA) is 65.4 Å². The van der Waals surface area contributed by atoms with Gasteiger partial charge in [-0.2, -0.15) is 5.26 Å². The van der Waals surface area contributed by atoms with Crippen LogP contribution in [0.5, 0.6) is 5.75 Å². The van der Waals surface area contributed by atoms with E-state index in [0.717, 1.165) is 30.9 Å². The molecule has 5 nitrogen and oxygen atoms in total. The van der Waals surface area contributed by atoms with Gasteiger partial charge in [0.15, 0.2) is 0 Å². The number of anilines is 1. The molecule has 1 aromatic rings. The number of thioether (sulfide) groups is 1. The number of halogens is 1. The van der Waals surface area contributed by atoms with Crippen LogP contribution in [0.4, 0.5) is 5.69 Å². The maximum atomic E-state index is 11.8. The maximum absolute atomic E-state index is 11.8. The Morgan fingerprint density at radius 1 is 1.64 bits per heavy atom. The fourth-order valence-corrected chi connectivity index (χ4v) is 3.09. The number of benzene rings is 1. The van der Waals surface area contributed by atoms with E-state index in [4.69, 9.17) is 21.6 Å². The van der Waals surface area contributed by atoms with Gasteiger partial charge in [-0.25, -0.2) is 0 Å². The minimum Gasteiger partial charge on any atom is -0.495 e. The van der Waals surface area contributed by atoms with Crippen molar-refractivity contribution >= 4 is 35.0 Å². The number of nitrogens with zero attached hydrogens (tertiary/aromatic N) is 2. The van der Waals surface area contributed by atoms with Crippen molar-refractivity contribution in [3.8, 4) is 11.8 Å². The third-order valence-corrected chi connectivity index (χ3v) is 4.47. The van der Waals surface area contributed by atoms with E-state index in [1.165, 1.54) is 11.8 Å². The number of carbonyl (C=O) groups excluding carboxylic acids is 1. The SMILES string of the molecule is COc1ccc(Cl)cc1N1CC[C@H](NC(=O)CSCC#N)C1. The van der Waals surface area contributed by atoms with Crippen LogP contribution in [0.1, 0.15) is 6.42 Å². The van der Waals surface area contributed by atoms with Crippen molar-refractivity contribution in [2.75, 3.05) is 36.6 Å². The molecule has 1 N–H and O–H groups in total. The second-order valence-electron chi connectivity index (χ2n) is 4.97. The highest BCUT2D eigenvalue weighted by Crippen LogP contribution is 2.33. The summed E-state index contributed by atoms with van der Waals surface area (Å²) in [4.78, 5) is 14.0. The number of methoxy groups -OCH3 is 1. The van der Waals surface area contributed by atoms with Crippen LogP contribution in [0, 0.1) is 11.3 Å². The summed E-state index contributed by atoms with van der Waals surface area (Å²) in [7, 11) is 1.63. The summed E-state index contributed by atoms with van der Waals surface area (Å²) in [6.07, 6.45) is 0.879. The van der Waals surface area contributed by atoms with Crippen molar-refractivity contribution in [1.29, 1.82) is 5.26 Å². The molecule has 1 fully saturated rings. The molecule has 1 atom stereocenters. The average Bonchev–Trinajstić information content (AvgIpc) is 2.95. The van der Waals surface area contributed by atoms with Crippen molar-refractivity contribution < 1.29 is 9.53 Å². The Morgan fingerprint density at radius 2 is 2.45 bits per heavy atom. The highest BCUT2D eigenvalue weighted by atomic mass is 35.5. The maximum Gasteiger partial charge on any atom is 0.230 e. The van der Waals surface area contributed by atoms with Gasteiger partial charge in [0, 0.05) is 24.2 Å². The Balaban J connectivity index is 1.91. The normalized spacial score (nSPS) is 17.1. The average molecular weight is 340 g/mol. The van der Waals surface area contributed by atoms with Gasteiger partial charge in [-0.05, 0) is 24.6 Å². The second-order valence-corrected chi connectivity index (χ2v) is 6.39. The van der Waals surface area contributed by atoms with Crippen LogP contribution in [0.3, 0.4) is 0 Å². The minimum absolute atomic E-state index is 0.0230. The number of rotatable bonds is 6. The molecule has 1 saturated heterocycles. The van der Waals surface area contributed by atoms with E-state index in [-0.39, 0.29) is 11.9 Å². The van der Waals surface area contributed by atoms with Crippen molar-refractivity contribution in [2.45, 2.75) is 12.5 Å². The molecule has 2 rings (SSSR count). The van der Waals surface area contributed by atoms with Crippen LogP contribution in [0.15, 0.2) is 18.2 Å². The van der Waals surface area contributed by atoms with E-state index in [9.17, 15) is 4.79 Å². The van der Waals surface area contributed by atoms with Crippen molar-refractivity contribution in [2.24, 2.45) is 0 Å². The Labute approximate surface area is 139 Å². The summed E-state index contributed by atoms with van der Waals surface area (Å²) in [5.74, 6) is 1.42. The van der Waals surface area contributed by atoms with Crippen LogP contribution in [0.25, 0.3) is 0 Å². The van der Waals surface area contributed by atoms with Gasteiger partial charge >= 0.3 is 0 Å². The van der Waals surface area contributed by atoms with E-state index < -0.39 is 0 Å². The summed E-state index contributed by atoms with van der Waals surface area (Å²) >= 11 is 7.39. The van der Waals surface area contributed by atoms with Crippen LogP contribution in [-0.4, -0.2) is 43.7 Å². The van der Waals surface area contributed by atoms with Crippen LogP contribution >= 0.6 is 23.4 Å². The fourth-order valence-electron chi connectivity index (χ4n) is 2.47. The molecule has 0 aromatic heterocycles. The molecule has 1 heterocycles. The number of ether oxygens (including phenoxy) is 1. The van der Waals surface area contributed by atoms with Crippen molar-refractivity contribution in [1.82, 2.24) is 5.32 Å². The standard InChI is InChI=1S/C15H18ClN3O2S/c1-21-14-3-2-11(16)8-13(14)19-6-4-12(9-19)18-15(20)10-22-7-5-17/h2-3,8,12H,4,6-7,9-10H2,1H3,(H,18,20)/t12-/m0/s1. The predicted molar refractivity (Wildman–Crippen MR) is 89.7 cm³/mol. The zero-order chi connectivity index (χ0) is 15.9. The number of hydrogen-bond acceptors (Lipinski definition) is 5. The minimum atomic E-state index is -0.0230. The molecule has 0 unspecified atom stereocenters. The van der Waals surface area contributed by atoms with Crippen LogP contribution in [0.2, 0.25) is 5.02 Å². The Morgan fingerprint density at radius 3 is 3.18 bits per heavy atom. The highest BCUT2D eigenvalue weighted by Gasteiger charge is 2.25. The van der Waals surface area contributed by atoms with Gasteiger partial charge < -0.3 is 15.0 Å². The Hall–Kier alpha value is -1.58. The van der Waals surface area contributed by atoms with E-state index in [2.05, 4.69) is 10.2 Å². The number of hydrogen-bond donors (Lipinski definition) is 1. The lowest BCUT2D eigenvalue weighted by Gasteiger charge is -2.21. The van der Waals surface area contributed by atoms with Crippen LogP contribution < -0.4 is 15.0 Å². The van der Waals surface area contributed by atoms with Gasteiger partial charge in [-0.15, -0.1) is 11.8 Å². The zero-order valence-electron chi connectivity index (χ0n) is 12.3. The first kappa shape index (κ1) is 16.8. The number of nitriles is 1. The van der Waals surface area contributed by atoms with E-state index in [1.807, 2.05) is 18.2 Å². The number of amides is 1. The van der Waals surface area contributed by atoms with Gasteiger partial charge in [0.2, 0.25) is 5.91 Å². The van der Waals surface area contributed by atoms with Gasteiger partial charge in [0.25, 0.3) is 0 Å². The number of carbonyl (C=O) groups is 1. The molecule has 0 spiro atoms. The highest BCUT2D eigenvalue weighted by molar-refractivity contribution is 8.00. The Kier molecular flexibility index (Phi) is 6.22. The van der Waals surface area contributed by atoms with Gasteiger partial charge in [0.1, 0.15) is 5.75 Å². The third kappa shape index (κ3) is 4.46. The van der Waals surface area contributed by atoms with E-state index in [0.29, 0.717) is 16.5 Å². The van der Waals surface area contributed by atoms with Gasteiger partial charge in [-0.3, -0.25) is 4.79 Å². The first-order valence-electron chi connectivity index (χ1n) is 6.96. The molecule has 118 valence electrons. The largest absolute Gasteiger partial charge is 0.495 e. The van der Waals surface area contributed by atoms with E-state index >= 15 is 0 Å². The summed E-state index contributed by atoms with van der Waals surface area (Å²) in [6, 6.07) is 7.65. The Bertz CT molecular complexity index is 576. The van der Waals surface area contributed by atoms with Gasteiger partial charge in [0.05, 0.1) is 30.4 Å². The van der Waals surface area contributed by atoms with E-state index in [1.54, 1.807) is 13.2 Å². The molecule has 0 aliphatic carbocycles. The first-order valence-corrected chi connectivity index (χ1v) is 8.50. The molecule has 0 saturated carbocycles. The fraction of sp³-hybridized carbons (Fsp3) is 0.467. The zero-order valence-corrected chi connectivity index (χ0v) is 13.9. The quantitative estimate of drug-likeness (QED) is 0.806. The third-order valence-electron chi connectivity index (χ3n) is 3.43. The lowest BCUT2D eigenvalue weighted by molar-refractivity contribution is -0.119. The smallest absolute Gasteiger partial charge is 0.230 e. The van der Waals surface area contributed by atoms with Crippen molar-refractivity contribution in [3.63, 3.8) is 0 Å². The van der Waals surface area contributed by atoms with Crippen molar-refractivity contribution in [3.05, 3.63) is 23.2 Å². The molecule has 1 amide bonds. The summed E-state index contributed by atoms with van der Waals surface area (Å²) in [5, 5.41) is 12.1. The molecule has 0 radical (unpaired) electrons. The first-order chi connectivity index (χ1) is 10.6. The lowest BCUT2D eigenvalue weighted by Crippen LogP contribution is -2.38. The lowest BCUT2D eigenvalue weighted by atomic mass is 10.2. The molecular formula is C15H18ClN3O2S. The number of nitrogens with one attached hydrogen (secondary N) is 1. The molecule has 1 aliphatic heterocycles.